The van der Waals surface area contributed by atoms with Crippen molar-refractivity contribution in [2.24, 2.45) is 0 Å². The van der Waals surface area contributed by atoms with Gasteiger partial charge in [-0.25, -0.2) is 15.0 Å². The highest BCUT2D eigenvalue weighted by atomic mass is 32.2. The molecule has 0 N–H and O–H groups in total. The molecule has 0 bridgehead atoms. The zero-order valence-electron chi connectivity index (χ0n) is 32.7. The monoisotopic (exact) mass is 795 g/mol. The van der Waals surface area contributed by atoms with Crippen LogP contribution >= 0.6 is 11.8 Å². The number of aromatic nitrogens is 5. The van der Waals surface area contributed by atoms with Crippen LogP contribution in [0.4, 0.5) is 0 Å². The van der Waals surface area contributed by atoms with E-state index in [0.29, 0.717) is 17.5 Å². The number of fused-ring (bicyclic) bond motifs is 9. The van der Waals surface area contributed by atoms with Gasteiger partial charge in [0, 0.05) is 48.3 Å². The molecule has 0 saturated carbocycles. The van der Waals surface area contributed by atoms with Crippen LogP contribution in [0.15, 0.2) is 210 Å². The van der Waals surface area contributed by atoms with Gasteiger partial charge in [-0.05, 0) is 81.2 Å². The van der Waals surface area contributed by atoms with Gasteiger partial charge in [-0.15, -0.1) is 0 Å². The van der Waals surface area contributed by atoms with Crippen molar-refractivity contribution in [3.63, 3.8) is 0 Å². The first-order valence-corrected chi connectivity index (χ1v) is 21.3. The second-order valence-corrected chi connectivity index (χ2v) is 16.8. The molecular formula is C55H33N5S. The highest BCUT2D eigenvalue weighted by molar-refractivity contribution is 7.99. The lowest BCUT2D eigenvalue weighted by atomic mass is 10.0. The molecule has 4 heterocycles. The lowest BCUT2D eigenvalue weighted by Crippen LogP contribution is -2.06. The lowest BCUT2D eigenvalue weighted by Gasteiger charge is -2.22. The molecule has 284 valence electrons. The highest BCUT2D eigenvalue weighted by Gasteiger charge is 2.28. The minimum absolute atomic E-state index is 0.636. The summed E-state index contributed by atoms with van der Waals surface area (Å²) in [7, 11) is 0. The van der Waals surface area contributed by atoms with Gasteiger partial charge in [0.15, 0.2) is 17.5 Å². The molecule has 0 atom stereocenters. The minimum Gasteiger partial charge on any atom is -0.295 e. The maximum atomic E-state index is 5.12. The Labute approximate surface area is 355 Å². The van der Waals surface area contributed by atoms with E-state index in [4.69, 9.17) is 15.0 Å². The Balaban J connectivity index is 0.948. The molecule has 6 heteroatoms. The summed E-state index contributed by atoms with van der Waals surface area (Å²) in [5, 5.41) is 8.47. The zero-order chi connectivity index (χ0) is 40.0. The Morgan fingerprint density at radius 3 is 1.62 bits per heavy atom. The summed E-state index contributed by atoms with van der Waals surface area (Å²) in [5.41, 5.74) is 11.1. The summed E-state index contributed by atoms with van der Waals surface area (Å²) < 4.78 is 4.94. The van der Waals surface area contributed by atoms with Crippen molar-refractivity contribution in [1.29, 1.82) is 0 Å². The summed E-state index contributed by atoms with van der Waals surface area (Å²) >= 11 is 1.85. The molecule has 0 saturated heterocycles. The van der Waals surface area contributed by atoms with Gasteiger partial charge in [0.05, 0.1) is 16.7 Å². The number of benzene rings is 9. The molecule has 12 aromatic rings. The van der Waals surface area contributed by atoms with Crippen molar-refractivity contribution in [3.05, 3.63) is 200 Å². The number of nitrogens with zero attached hydrogens (tertiary/aromatic N) is 5. The third kappa shape index (κ3) is 5.39. The molecule has 1 aliphatic rings. The molecule has 5 nitrogen and oxygen atoms in total. The predicted octanol–water partition coefficient (Wildman–Crippen LogP) is 14.4. The number of rotatable bonds is 5. The van der Waals surface area contributed by atoms with Crippen LogP contribution in [0.3, 0.4) is 0 Å². The van der Waals surface area contributed by atoms with Crippen molar-refractivity contribution in [1.82, 2.24) is 24.1 Å². The third-order valence-electron chi connectivity index (χ3n) is 12.1. The fourth-order valence-corrected chi connectivity index (χ4v) is 10.3. The van der Waals surface area contributed by atoms with Crippen molar-refractivity contribution in [3.8, 4) is 56.7 Å². The molecule has 0 unspecified atom stereocenters. The van der Waals surface area contributed by atoms with E-state index in [2.05, 4.69) is 209 Å². The maximum absolute atomic E-state index is 5.12. The Hall–Kier alpha value is -7.80. The third-order valence-corrected chi connectivity index (χ3v) is 13.2. The van der Waals surface area contributed by atoms with Gasteiger partial charge in [0.2, 0.25) is 0 Å². The average molecular weight is 796 g/mol. The molecule has 0 radical (unpaired) electrons. The second-order valence-electron chi connectivity index (χ2n) is 15.7. The van der Waals surface area contributed by atoms with Crippen molar-refractivity contribution in [2.45, 2.75) is 9.79 Å². The summed E-state index contributed by atoms with van der Waals surface area (Å²) in [6.07, 6.45) is 0. The van der Waals surface area contributed by atoms with Crippen LogP contribution in [-0.2, 0) is 0 Å². The summed E-state index contributed by atoms with van der Waals surface area (Å²) in [4.78, 5) is 17.8. The molecule has 13 rings (SSSR count). The summed E-state index contributed by atoms with van der Waals surface area (Å²) in [6, 6.07) is 71.4. The van der Waals surface area contributed by atoms with Gasteiger partial charge >= 0.3 is 0 Å². The first-order valence-electron chi connectivity index (χ1n) is 20.5. The van der Waals surface area contributed by atoms with Gasteiger partial charge in [0.25, 0.3) is 0 Å². The molecule has 3 aromatic heterocycles. The van der Waals surface area contributed by atoms with Crippen LogP contribution in [-0.4, -0.2) is 24.1 Å². The molecule has 9 aromatic carbocycles. The molecule has 0 spiro atoms. The van der Waals surface area contributed by atoms with Gasteiger partial charge in [-0.3, -0.25) is 9.13 Å². The Kier molecular flexibility index (Phi) is 7.47. The molecular weight excluding hydrogens is 763 g/mol. The molecule has 1 aliphatic heterocycles. The lowest BCUT2D eigenvalue weighted by molar-refractivity contribution is 1.03. The standard InChI is InChI=1S/C55H33N5S/c1-2-15-43(16-3-1)59-46-19-9-8-17-44(46)50-45-18-10-20-49-51(45)60(55(50)59)47-33-40(29-30-48(47)61-49)36-21-25-37(26-22-36)52-56-53(41-27-23-34-11-4-6-13-38(34)31-41)58-54(57-52)42-28-24-35-12-5-7-14-39(35)32-42/h1-33H. The Morgan fingerprint density at radius 1 is 0.361 bits per heavy atom. The fraction of sp³-hybridized carbons (Fsp3) is 0. The van der Waals surface area contributed by atoms with Crippen LogP contribution in [0.1, 0.15) is 0 Å². The fourth-order valence-electron chi connectivity index (χ4n) is 9.23. The Bertz CT molecular complexity index is 3640. The van der Waals surface area contributed by atoms with E-state index >= 15 is 0 Å². The van der Waals surface area contributed by atoms with Gasteiger partial charge in [0.1, 0.15) is 5.65 Å². The normalized spacial score (nSPS) is 12.2. The van der Waals surface area contributed by atoms with Crippen molar-refractivity contribution < 1.29 is 0 Å². The quantitative estimate of drug-likeness (QED) is 0.174. The largest absolute Gasteiger partial charge is 0.295 e. The Morgan fingerprint density at radius 2 is 0.918 bits per heavy atom. The number of hydrogen-bond donors (Lipinski definition) is 0. The first kappa shape index (κ1) is 34.1. The van der Waals surface area contributed by atoms with E-state index < -0.39 is 0 Å². The van der Waals surface area contributed by atoms with E-state index in [1.807, 2.05) is 11.8 Å². The average Bonchev–Trinajstić information content (AvgIpc) is 3.85. The molecule has 0 amide bonds. The maximum Gasteiger partial charge on any atom is 0.164 e. The van der Waals surface area contributed by atoms with E-state index in [-0.39, 0.29) is 0 Å². The van der Waals surface area contributed by atoms with E-state index in [0.717, 1.165) is 44.3 Å². The van der Waals surface area contributed by atoms with E-state index in [9.17, 15) is 0 Å². The van der Waals surface area contributed by atoms with E-state index in [1.165, 1.54) is 59.1 Å². The SMILES string of the molecule is c1ccc(-n2c3ccccc3c3c4cccc5c4n(c32)-c2cc(-c3ccc(-c4nc(-c6ccc7ccccc7c6)nc(-c6ccc7ccccc7c6)n4)cc3)ccc2S5)cc1. The van der Waals surface area contributed by atoms with Crippen molar-refractivity contribution >= 4 is 66.1 Å². The van der Waals surface area contributed by atoms with Crippen LogP contribution < -0.4 is 0 Å². The van der Waals surface area contributed by atoms with Crippen LogP contribution in [0.25, 0.3) is 111 Å². The summed E-state index contributed by atoms with van der Waals surface area (Å²) in [6.45, 7) is 0. The number of hydrogen-bond acceptors (Lipinski definition) is 4. The van der Waals surface area contributed by atoms with E-state index in [1.54, 1.807) is 0 Å². The van der Waals surface area contributed by atoms with Crippen molar-refractivity contribution in [2.75, 3.05) is 0 Å². The topological polar surface area (TPSA) is 48.5 Å². The summed E-state index contributed by atoms with van der Waals surface area (Å²) in [5.74, 6) is 1.93. The minimum atomic E-state index is 0.636. The van der Waals surface area contributed by atoms with Gasteiger partial charge in [-0.2, -0.15) is 0 Å². The zero-order valence-corrected chi connectivity index (χ0v) is 33.5. The number of para-hydroxylation sites is 3. The first-order chi connectivity index (χ1) is 30.2. The smallest absolute Gasteiger partial charge is 0.164 e. The molecule has 61 heavy (non-hydrogen) atoms. The van der Waals surface area contributed by atoms with Crippen LogP contribution in [0, 0.1) is 0 Å². The highest BCUT2D eigenvalue weighted by Crippen LogP contribution is 2.50. The van der Waals surface area contributed by atoms with Crippen LogP contribution in [0.2, 0.25) is 0 Å². The van der Waals surface area contributed by atoms with Gasteiger partial charge in [-0.1, -0.05) is 163 Å². The second kappa shape index (κ2) is 13.4. The molecule has 0 fully saturated rings. The molecule has 0 aliphatic carbocycles. The predicted molar refractivity (Wildman–Crippen MR) is 252 cm³/mol. The van der Waals surface area contributed by atoms with Crippen LogP contribution in [0.5, 0.6) is 0 Å². The van der Waals surface area contributed by atoms with Gasteiger partial charge < -0.3 is 0 Å².